The lowest BCUT2D eigenvalue weighted by atomic mass is 10.3. The number of halogens is 1. The third-order valence-corrected chi connectivity index (χ3v) is 2.76. The van der Waals surface area contributed by atoms with E-state index in [1.54, 1.807) is 7.05 Å². The first-order valence-electron chi connectivity index (χ1n) is 5.75. The molecule has 0 aliphatic carbocycles. The van der Waals surface area contributed by atoms with E-state index in [-0.39, 0.29) is 28.1 Å². The second-order valence-corrected chi connectivity index (χ2v) is 4.20. The van der Waals surface area contributed by atoms with E-state index in [2.05, 4.69) is 15.3 Å². The number of benzene rings is 1. The molecule has 0 bridgehead atoms. The summed E-state index contributed by atoms with van der Waals surface area (Å²) in [4.78, 5) is 18.3. The Morgan fingerprint density at radius 2 is 2.19 bits per heavy atom. The van der Waals surface area contributed by atoms with Crippen LogP contribution in [0.15, 0.2) is 24.4 Å². The summed E-state index contributed by atoms with van der Waals surface area (Å²) in [5.41, 5.74) is -0.214. The molecule has 1 aromatic carbocycles. The van der Waals surface area contributed by atoms with Gasteiger partial charge in [0.1, 0.15) is 10.8 Å². The summed E-state index contributed by atoms with van der Waals surface area (Å²) in [6.07, 6.45) is 1.37. The number of anilines is 1. The molecule has 2 rings (SSSR count). The van der Waals surface area contributed by atoms with Crippen LogP contribution in [0.5, 0.6) is 17.4 Å². The highest BCUT2D eigenvalue weighted by molar-refractivity contribution is 6.31. The van der Waals surface area contributed by atoms with Crippen LogP contribution in [-0.4, -0.2) is 29.0 Å². The quantitative estimate of drug-likeness (QED) is 0.669. The monoisotopic (exact) mass is 310 g/mol. The van der Waals surface area contributed by atoms with Crippen molar-refractivity contribution in [3.63, 3.8) is 0 Å². The van der Waals surface area contributed by atoms with Crippen LogP contribution in [0, 0.1) is 10.1 Å². The molecule has 0 aliphatic heterocycles. The maximum absolute atomic E-state index is 11.0. The van der Waals surface area contributed by atoms with E-state index in [9.17, 15) is 10.1 Å². The molecule has 1 N–H and O–H groups in total. The van der Waals surface area contributed by atoms with Crippen molar-refractivity contribution >= 4 is 23.2 Å². The van der Waals surface area contributed by atoms with Crippen LogP contribution in [0.1, 0.15) is 0 Å². The van der Waals surface area contributed by atoms with Crippen LogP contribution in [-0.2, 0) is 0 Å². The van der Waals surface area contributed by atoms with Gasteiger partial charge in [0.25, 0.3) is 0 Å². The summed E-state index contributed by atoms with van der Waals surface area (Å²) in [6.45, 7) is 0. The van der Waals surface area contributed by atoms with E-state index in [4.69, 9.17) is 21.1 Å². The summed E-state index contributed by atoms with van der Waals surface area (Å²) < 4.78 is 10.4. The molecule has 0 saturated heterocycles. The fourth-order valence-electron chi connectivity index (χ4n) is 1.53. The summed E-state index contributed by atoms with van der Waals surface area (Å²) in [6, 6.07) is 4.18. The van der Waals surface area contributed by atoms with Crippen LogP contribution >= 0.6 is 11.6 Å². The van der Waals surface area contributed by atoms with Gasteiger partial charge in [0.05, 0.1) is 24.3 Å². The van der Waals surface area contributed by atoms with Gasteiger partial charge in [-0.1, -0.05) is 11.6 Å². The molecule has 0 unspecified atom stereocenters. The number of nitro benzene ring substituents is 1. The van der Waals surface area contributed by atoms with Crippen molar-refractivity contribution in [1.82, 2.24) is 9.97 Å². The Morgan fingerprint density at radius 3 is 2.81 bits per heavy atom. The SMILES string of the molecule is CNc1ncc(Cl)c(Oc2ccc(OC)c([N+](=O)[O-])c2)n1. The summed E-state index contributed by atoms with van der Waals surface area (Å²) in [5, 5.41) is 13.9. The molecule has 1 heterocycles. The van der Waals surface area contributed by atoms with E-state index in [1.165, 1.54) is 31.5 Å². The van der Waals surface area contributed by atoms with Crippen LogP contribution in [0.4, 0.5) is 11.6 Å². The predicted octanol–water partition coefficient (Wildman–Crippen LogP) is 2.88. The average Bonchev–Trinajstić information content (AvgIpc) is 2.49. The van der Waals surface area contributed by atoms with Crippen LogP contribution in [0.25, 0.3) is 0 Å². The number of rotatable bonds is 5. The Morgan fingerprint density at radius 1 is 1.43 bits per heavy atom. The van der Waals surface area contributed by atoms with Crippen molar-refractivity contribution in [1.29, 1.82) is 0 Å². The largest absolute Gasteiger partial charge is 0.490 e. The van der Waals surface area contributed by atoms with Gasteiger partial charge in [-0.15, -0.1) is 0 Å². The molecule has 110 valence electrons. The molecule has 21 heavy (non-hydrogen) atoms. The van der Waals surface area contributed by atoms with E-state index >= 15 is 0 Å². The zero-order chi connectivity index (χ0) is 15.4. The number of aromatic nitrogens is 2. The summed E-state index contributed by atoms with van der Waals surface area (Å²) in [5.74, 6) is 0.759. The molecular formula is C12H11ClN4O4. The number of nitrogens with zero attached hydrogens (tertiary/aromatic N) is 3. The topological polar surface area (TPSA) is 99.4 Å². The van der Waals surface area contributed by atoms with Gasteiger partial charge in [0.2, 0.25) is 11.8 Å². The number of methoxy groups -OCH3 is 1. The number of nitro groups is 1. The highest BCUT2D eigenvalue weighted by Crippen LogP contribution is 2.34. The Kier molecular flexibility index (Phi) is 4.39. The molecule has 0 amide bonds. The lowest BCUT2D eigenvalue weighted by Crippen LogP contribution is -1.99. The highest BCUT2D eigenvalue weighted by Gasteiger charge is 2.17. The third-order valence-electron chi connectivity index (χ3n) is 2.50. The smallest absolute Gasteiger partial charge is 0.314 e. The molecule has 8 nitrogen and oxygen atoms in total. The lowest BCUT2D eigenvalue weighted by Gasteiger charge is -2.08. The van der Waals surface area contributed by atoms with Crippen molar-refractivity contribution in [2.45, 2.75) is 0 Å². The van der Waals surface area contributed by atoms with Gasteiger partial charge in [-0.25, -0.2) is 4.98 Å². The minimum absolute atomic E-state index is 0.0930. The summed E-state index contributed by atoms with van der Waals surface area (Å²) in [7, 11) is 2.99. The minimum atomic E-state index is -0.563. The number of nitrogens with one attached hydrogen (secondary N) is 1. The Bertz CT molecular complexity index is 680. The minimum Gasteiger partial charge on any atom is -0.490 e. The zero-order valence-corrected chi connectivity index (χ0v) is 11.9. The van der Waals surface area contributed by atoms with Gasteiger partial charge in [0, 0.05) is 7.05 Å². The molecule has 0 atom stereocenters. The molecule has 0 spiro atoms. The molecule has 0 aliphatic rings. The van der Waals surface area contributed by atoms with Crippen molar-refractivity contribution in [2.75, 3.05) is 19.5 Å². The first kappa shape index (κ1) is 14.8. The van der Waals surface area contributed by atoms with Gasteiger partial charge in [-0.3, -0.25) is 10.1 Å². The van der Waals surface area contributed by atoms with Gasteiger partial charge < -0.3 is 14.8 Å². The molecule has 1 aromatic heterocycles. The first-order chi connectivity index (χ1) is 10.0. The lowest BCUT2D eigenvalue weighted by molar-refractivity contribution is -0.385. The molecule has 2 aromatic rings. The molecule has 0 fully saturated rings. The van der Waals surface area contributed by atoms with Crippen molar-refractivity contribution < 1.29 is 14.4 Å². The molecule has 9 heteroatoms. The van der Waals surface area contributed by atoms with Gasteiger partial charge in [-0.05, 0) is 12.1 Å². The standard InChI is InChI=1S/C12H11ClN4O4/c1-14-12-15-6-8(13)11(16-12)21-7-3-4-10(20-2)9(5-7)17(18)19/h3-6H,1-2H3,(H,14,15,16). The highest BCUT2D eigenvalue weighted by atomic mass is 35.5. The van der Waals surface area contributed by atoms with E-state index in [0.717, 1.165) is 0 Å². The van der Waals surface area contributed by atoms with Gasteiger partial charge in [0.15, 0.2) is 5.75 Å². The van der Waals surface area contributed by atoms with Gasteiger partial charge in [-0.2, -0.15) is 4.98 Å². The van der Waals surface area contributed by atoms with Crippen molar-refractivity contribution in [3.05, 3.63) is 39.5 Å². The van der Waals surface area contributed by atoms with E-state index in [0.29, 0.717) is 5.95 Å². The van der Waals surface area contributed by atoms with Crippen LogP contribution in [0.3, 0.4) is 0 Å². The second-order valence-electron chi connectivity index (χ2n) is 3.79. The van der Waals surface area contributed by atoms with Crippen LogP contribution in [0.2, 0.25) is 5.02 Å². The maximum Gasteiger partial charge on any atom is 0.314 e. The fourth-order valence-corrected chi connectivity index (χ4v) is 1.66. The number of ether oxygens (including phenoxy) is 2. The number of hydrogen-bond acceptors (Lipinski definition) is 7. The predicted molar refractivity (Wildman–Crippen MR) is 76.3 cm³/mol. The second kappa shape index (κ2) is 6.23. The molecular weight excluding hydrogens is 300 g/mol. The Labute approximate surface area is 124 Å². The third kappa shape index (κ3) is 3.29. The molecule has 0 saturated carbocycles. The Balaban J connectivity index is 2.36. The van der Waals surface area contributed by atoms with Gasteiger partial charge >= 0.3 is 5.69 Å². The Hall–Kier alpha value is -2.61. The first-order valence-corrected chi connectivity index (χ1v) is 6.13. The van der Waals surface area contributed by atoms with Crippen LogP contribution < -0.4 is 14.8 Å². The van der Waals surface area contributed by atoms with E-state index in [1.807, 2.05) is 0 Å². The van der Waals surface area contributed by atoms with Crippen molar-refractivity contribution in [3.8, 4) is 17.4 Å². The molecule has 0 radical (unpaired) electrons. The maximum atomic E-state index is 11.0. The normalized spacial score (nSPS) is 10.0. The fraction of sp³-hybridized carbons (Fsp3) is 0.167. The van der Waals surface area contributed by atoms with Crippen molar-refractivity contribution in [2.24, 2.45) is 0 Å². The van der Waals surface area contributed by atoms with E-state index < -0.39 is 4.92 Å². The summed E-state index contributed by atoms with van der Waals surface area (Å²) >= 11 is 5.93. The zero-order valence-electron chi connectivity index (χ0n) is 11.2. The average molecular weight is 311 g/mol. The number of hydrogen-bond donors (Lipinski definition) is 1.